The van der Waals surface area contributed by atoms with Gasteiger partial charge in [0, 0.05) is 11.1 Å². The molecule has 1 aromatic rings. The van der Waals surface area contributed by atoms with E-state index in [0.717, 1.165) is 0 Å². The van der Waals surface area contributed by atoms with E-state index in [1.807, 2.05) is 0 Å². The molecular weight excluding hydrogens is 182 g/mol. The maximum atomic E-state index is 10.3. The summed E-state index contributed by atoms with van der Waals surface area (Å²) in [4.78, 5) is 11.7. The Labute approximate surface area is 81.4 Å². The summed E-state index contributed by atoms with van der Waals surface area (Å²) in [5, 5.41) is 19.5. The highest BCUT2D eigenvalue weighted by atomic mass is 16.3. The molecule has 4 nitrogen and oxygen atoms in total. The number of hydrogen-bond donors (Lipinski definition) is 2. The molecule has 1 aliphatic rings. The first-order chi connectivity index (χ1) is 6.75. The van der Waals surface area contributed by atoms with Crippen molar-refractivity contribution in [3.05, 3.63) is 35.4 Å². The monoisotopic (exact) mass is 193 g/mol. The van der Waals surface area contributed by atoms with Gasteiger partial charge >= 0.3 is 0 Å². The molecule has 1 aliphatic heterocycles. The Morgan fingerprint density at radius 2 is 1.71 bits per heavy atom. The second kappa shape index (κ2) is 3.49. The molecule has 0 amide bonds. The molecule has 0 spiro atoms. The lowest BCUT2D eigenvalue weighted by Crippen LogP contribution is -2.27. The standard InChI is InChI=1S/C10H11NO3/c12-6-5-11-9(13)7-3-1-2-4-8(7)10(11)14/h1-4,6,9-10,13-14H,5H2. The molecule has 0 bridgehead atoms. The number of fused-ring (bicyclic) bond motifs is 1. The number of aliphatic hydroxyl groups excluding tert-OH is 2. The molecule has 2 N–H and O–H groups in total. The van der Waals surface area contributed by atoms with Crippen molar-refractivity contribution in [3.8, 4) is 0 Å². The summed E-state index contributed by atoms with van der Waals surface area (Å²) in [5.41, 5.74) is 1.34. The zero-order valence-corrected chi connectivity index (χ0v) is 7.50. The third kappa shape index (κ3) is 1.24. The van der Waals surface area contributed by atoms with Crippen molar-refractivity contribution in [2.45, 2.75) is 12.5 Å². The molecule has 14 heavy (non-hydrogen) atoms. The average molecular weight is 193 g/mol. The van der Waals surface area contributed by atoms with Crippen LogP contribution in [0.5, 0.6) is 0 Å². The Balaban J connectivity index is 2.37. The topological polar surface area (TPSA) is 60.8 Å². The first-order valence-corrected chi connectivity index (χ1v) is 4.40. The van der Waals surface area contributed by atoms with Gasteiger partial charge in [-0.2, -0.15) is 0 Å². The number of aldehydes is 1. The van der Waals surface area contributed by atoms with Crippen molar-refractivity contribution >= 4 is 6.29 Å². The maximum Gasteiger partial charge on any atom is 0.136 e. The Bertz CT molecular complexity index is 324. The number of carbonyl (C=O) groups is 1. The molecule has 2 rings (SSSR count). The SMILES string of the molecule is O=CCN1C(O)c2ccccc2C1O. The molecule has 0 fully saturated rings. The highest BCUT2D eigenvalue weighted by Crippen LogP contribution is 2.37. The van der Waals surface area contributed by atoms with Crippen LogP contribution in [0.3, 0.4) is 0 Å². The smallest absolute Gasteiger partial charge is 0.136 e. The highest BCUT2D eigenvalue weighted by Gasteiger charge is 2.35. The molecule has 2 unspecified atom stereocenters. The quantitative estimate of drug-likeness (QED) is 0.658. The lowest BCUT2D eigenvalue weighted by Gasteiger charge is -2.20. The lowest BCUT2D eigenvalue weighted by molar-refractivity contribution is -0.121. The second-order valence-electron chi connectivity index (χ2n) is 3.24. The van der Waals surface area contributed by atoms with Gasteiger partial charge in [-0.25, -0.2) is 4.90 Å². The van der Waals surface area contributed by atoms with Crippen molar-refractivity contribution in [1.82, 2.24) is 4.90 Å². The fourth-order valence-corrected chi connectivity index (χ4v) is 1.76. The van der Waals surface area contributed by atoms with E-state index in [4.69, 9.17) is 0 Å². The van der Waals surface area contributed by atoms with E-state index in [1.54, 1.807) is 24.3 Å². The number of carbonyl (C=O) groups excluding carboxylic acids is 1. The van der Waals surface area contributed by atoms with E-state index in [9.17, 15) is 15.0 Å². The lowest BCUT2D eigenvalue weighted by atomic mass is 10.1. The maximum absolute atomic E-state index is 10.3. The van der Waals surface area contributed by atoms with Crippen molar-refractivity contribution in [1.29, 1.82) is 0 Å². The van der Waals surface area contributed by atoms with Crippen LogP contribution in [0.1, 0.15) is 23.6 Å². The van der Waals surface area contributed by atoms with Crippen LogP contribution in [-0.2, 0) is 4.79 Å². The van der Waals surface area contributed by atoms with Gasteiger partial charge in [-0.3, -0.25) is 0 Å². The van der Waals surface area contributed by atoms with E-state index in [0.29, 0.717) is 17.4 Å². The minimum absolute atomic E-state index is 0.0248. The van der Waals surface area contributed by atoms with Gasteiger partial charge in [-0.1, -0.05) is 24.3 Å². The molecule has 1 aromatic carbocycles. The summed E-state index contributed by atoms with van der Waals surface area (Å²) in [6, 6.07) is 7.07. The minimum atomic E-state index is -0.883. The van der Waals surface area contributed by atoms with E-state index < -0.39 is 12.5 Å². The van der Waals surface area contributed by atoms with Crippen LogP contribution in [0.25, 0.3) is 0 Å². The summed E-state index contributed by atoms with van der Waals surface area (Å²) in [5.74, 6) is 0. The van der Waals surface area contributed by atoms with Gasteiger partial charge in [0.15, 0.2) is 0 Å². The van der Waals surface area contributed by atoms with Crippen LogP contribution in [0.15, 0.2) is 24.3 Å². The second-order valence-corrected chi connectivity index (χ2v) is 3.24. The van der Waals surface area contributed by atoms with Crippen LogP contribution in [-0.4, -0.2) is 27.9 Å². The molecule has 0 saturated carbocycles. The summed E-state index contributed by atoms with van der Waals surface area (Å²) in [6.45, 7) is 0.0248. The molecule has 2 atom stereocenters. The van der Waals surface area contributed by atoms with Crippen LogP contribution >= 0.6 is 0 Å². The zero-order valence-electron chi connectivity index (χ0n) is 7.50. The van der Waals surface area contributed by atoms with Crippen molar-refractivity contribution in [2.24, 2.45) is 0 Å². The third-order valence-electron chi connectivity index (χ3n) is 2.47. The van der Waals surface area contributed by atoms with Crippen LogP contribution in [0.2, 0.25) is 0 Å². The zero-order chi connectivity index (χ0) is 10.1. The molecule has 0 saturated heterocycles. The Hall–Kier alpha value is -1.23. The number of nitrogens with zero attached hydrogens (tertiary/aromatic N) is 1. The van der Waals surface area contributed by atoms with Crippen molar-refractivity contribution in [2.75, 3.05) is 6.54 Å². The average Bonchev–Trinajstić information content (AvgIpc) is 2.45. The van der Waals surface area contributed by atoms with E-state index in [-0.39, 0.29) is 6.54 Å². The van der Waals surface area contributed by atoms with Crippen LogP contribution in [0, 0.1) is 0 Å². The van der Waals surface area contributed by atoms with E-state index in [2.05, 4.69) is 0 Å². The molecule has 4 heteroatoms. The largest absolute Gasteiger partial charge is 0.374 e. The summed E-state index contributed by atoms with van der Waals surface area (Å²) in [6.07, 6.45) is -1.10. The summed E-state index contributed by atoms with van der Waals surface area (Å²) >= 11 is 0. The first-order valence-electron chi connectivity index (χ1n) is 4.40. The fraction of sp³-hybridized carbons (Fsp3) is 0.300. The molecule has 0 aromatic heterocycles. The van der Waals surface area contributed by atoms with E-state index >= 15 is 0 Å². The molecule has 0 radical (unpaired) electrons. The Morgan fingerprint density at radius 1 is 1.21 bits per heavy atom. The molecule has 74 valence electrons. The van der Waals surface area contributed by atoms with Gasteiger partial charge in [0.2, 0.25) is 0 Å². The first kappa shape index (κ1) is 9.33. The Kier molecular flexibility index (Phi) is 2.33. The molecular formula is C10H11NO3. The van der Waals surface area contributed by atoms with E-state index in [1.165, 1.54) is 4.90 Å². The van der Waals surface area contributed by atoms with Gasteiger partial charge in [0.1, 0.15) is 18.7 Å². The van der Waals surface area contributed by atoms with Crippen molar-refractivity contribution in [3.63, 3.8) is 0 Å². The fourth-order valence-electron chi connectivity index (χ4n) is 1.76. The van der Waals surface area contributed by atoms with Crippen LogP contribution < -0.4 is 0 Å². The Morgan fingerprint density at radius 3 is 2.14 bits per heavy atom. The number of benzene rings is 1. The van der Waals surface area contributed by atoms with Gasteiger partial charge in [-0.15, -0.1) is 0 Å². The highest BCUT2D eigenvalue weighted by molar-refractivity contribution is 5.53. The number of aliphatic hydroxyl groups is 2. The summed E-state index contributed by atoms with van der Waals surface area (Å²) < 4.78 is 0. The third-order valence-corrected chi connectivity index (χ3v) is 2.47. The number of hydrogen-bond acceptors (Lipinski definition) is 4. The molecule has 1 heterocycles. The number of rotatable bonds is 2. The van der Waals surface area contributed by atoms with Crippen LogP contribution in [0.4, 0.5) is 0 Å². The van der Waals surface area contributed by atoms with Gasteiger partial charge in [0.25, 0.3) is 0 Å². The van der Waals surface area contributed by atoms with Gasteiger partial charge in [-0.05, 0) is 0 Å². The normalized spacial score (nSPS) is 26.1. The van der Waals surface area contributed by atoms with Gasteiger partial charge in [0.05, 0.1) is 6.54 Å². The minimum Gasteiger partial charge on any atom is -0.374 e. The van der Waals surface area contributed by atoms with Gasteiger partial charge < -0.3 is 15.0 Å². The molecule has 0 aliphatic carbocycles. The predicted molar refractivity (Wildman–Crippen MR) is 49.1 cm³/mol. The predicted octanol–water partition coefficient (Wildman–Crippen LogP) is 0.183. The summed E-state index contributed by atoms with van der Waals surface area (Å²) in [7, 11) is 0. The van der Waals surface area contributed by atoms with Crippen molar-refractivity contribution < 1.29 is 15.0 Å².